The number of ether oxygens (including phenoxy) is 1. The van der Waals surface area contributed by atoms with Crippen LogP contribution in [-0.4, -0.2) is 32.9 Å². The second-order valence-electron chi connectivity index (χ2n) is 7.91. The van der Waals surface area contributed by atoms with Crippen LogP contribution in [0.3, 0.4) is 0 Å². The summed E-state index contributed by atoms with van der Waals surface area (Å²) in [6, 6.07) is 7.45. The predicted molar refractivity (Wildman–Crippen MR) is 112 cm³/mol. The number of carbonyl (C=O) groups excluding carboxylic acids is 2. The number of aromatic nitrogens is 3. The highest BCUT2D eigenvalue weighted by Crippen LogP contribution is 2.24. The minimum atomic E-state index is -0.428. The summed E-state index contributed by atoms with van der Waals surface area (Å²) in [6.07, 6.45) is -0.230. The van der Waals surface area contributed by atoms with Crippen LogP contribution in [0.25, 0.3) is 11.0 Å². The zero-order valence-electron chi connectivity index (χ0n) is 17.7. The number of esters is 1. The van der Waals surface area contributed by atoms with Gasteiger partial charge in [0.05, 0.1) is 28.7 Å². The molecule has 0 aliphatic rings. The van der Waals surface area contributed by atoms with Crippen molar-refractivity contribution in [1.29, 1.82) is 0 Å². The second kappa shape index (κ2) is 8.11. The number of carbonyl (C=O) groups is 2. The van der Waals surface area contributed by atoms with E-state index in [2.05, 4.69) is 20.3 Å². The average Bonchev–Trinajstić information content (AvgIpc) is 3.19. The van der Waals surface area contributed by atoms with Crippen LogP contribution in [0.5, 0.6) is 0 Å². The van der Waals surface area contributed by atoms with Gasteiger partial charge in [-0.2, -0.15) is 0 Å². The molecule has 0 bridgehead atoms. The zero-order chi connectivity index (χ0) is 21.3. The molecule has 2 heterocycles. The summed E-state index contributed by atoms with van der Waals surface area (Å²) >= 11 is 0. The lowest BCUT2D eigenvalue weighted by molar-refractivity contribution is 0.0376. The van der Waals surface area contributed by atoms with Gasteiger partial charge in [-0.25, -0.2) is 9.78 Å². The summed E-state index contributed by atoms with van der Waals surface area (Å²) < 4.78 is 5.31. The van der Waals surface area contributed by atoms with Gasteiger partial charge in [-0.05, 0) is 51.3 Å². The summed E-state index contributed by atoms with van der Waals surface area (Å²) in [5, 5.41) is 3.06. The summed E-state index contributed by atoms with van der Waals surface area (Å²) in [6.45, 7) is 11.2. The van der Waals surface area contributed by atoms with Gasteiger partial charge in [-0.15, -0.1) is 0 Å². The predicted octanol–water partition coefficient (Wildman–Crippen LogP) is 4.20. The molecule has 0 spiro atoms. The number of amides is 1. The molecule has 29 heavy (non-hydrogen) atoms. The van der Waals surface area contributed by atoms with E-state index < -0.39 is 5.97 Å². The van der Waals surface area contributed by atoms with Gasteiger partial charge < -0.3 is 20.0 Å². The van der Waals surface area contributed by atoms with Gasteiger partial charge in [0.1, 0.15) is 11.5 Å². The number of benzene rings is 1. The van der Waals surface area contributed by atoms with Crippen molar-refractivity contribution in [2.45, 2.75) is 53.7 Å². The molecule has 3 rings (SSSR count). The van der Waals surface area contributed by atoms with Gasteiger partial charge in [0, 0.05) is 5.69 Å². The molecule has 7 heteroatoms. The van der Waals surface area contributed by atoms with E-state index in [1.54, 1.807) is 27.7 Å². The molecule has 0 radical (unpaired) electrons. The fourth-order valence-electron chi connectivity index (χ4n) is 3.44. The number of aryl methyl sites for hydroxylation is 1. The average molecular weight is 396 g/mol. The Morgan fingerprint density at radius 1 is 1.07 bits per heavy atom. The minimum absolute atomic E-state index is 0.112. The van der Waals surface area contributed by atoms with Gasteiger partial charge in [0.25, 0.3) is 5.91 Å². The smallest absolute Gasteiger partial charge is 0.340 e. The lowest BCUT2D eigenvalue weighted by atomic mass is 10.0. The first-order valence-electron chi connectivity index (χ1n) is 9.84. The largest absolute Gasteiger partial charge is 0.459 e. The van der Waals surface area contributed by atoms with Crippen molar-refractivity contribution in [2.75, 3.05) is 0 Å². The lowest BCUT2D eigenvalue weighted by Gasteiger charge is -2.20. The number of para-hydroxylation sites is 2. The van der Waals surface area contributed by atoms with Crippen LogP contribution in [-0.2, 0) is 4.74 Å². The SMILES string of the molecule is Cc1[nH]c(C(=O)NC(c2nc3ccccc3[nH]2)C(C)C)c(C)c1C(=O)OC(C)C. The van der Waals surface area contributed by atoms with Crippen molar-refractivity contribution in [3.63, 3.8) is 0 Å². The Morgan fingerprint density at radius 2 is 1.76 bits per heavy atom. The van der Waals surface area contributed by atoms with E-state index in [0.29, 0.717) is 28.3 Å². The molecule has 1 amide bonds. The monoisotopic (exact) mass is 396 g/mol. The van der Waals surface area contributed by atoms with Crippen molar-refractivity contribution >= 4 is 22.9 Å². The van der Waals surface area contributed by atoms with Crippen LogP contribution in [0.15, 0.2) is 24.3 Å². The third-order valence-electron chi connectivity index (χ3n) is 4.87. The van der Waals surface area contributed by atoms with Gasteiger partial charge in [0.15, 0.2) is 0 Å². The topological polar surface area (TPSA) is 99.9 Å². The zero-order valence-corrected chi connectivity index (χ0v) is 17.7. The number of imidazole rings is 1. The van der Waals surface area contributed by atoms with E-state index >= 15 is 0 Å². The number of hydrogen-bond acceptors (Lipinski definition) is 4. The molecule has 0 aliphatic carbocycles. The molecule has 1 atom stereocenters. The highest BCUT2D eigenvalue weighted by atomic mass is 16.5. The van der Waals surface area contributed by atoms with Crippen molar-refractivity contribution in [3.05, 3.63) is 52.6 Å². The molecule has 7 nitrogen and oxygen atoms in total. The van der Waals surface area contributed by atoms with E-state index in [9.17, 15) is 9.59 Å². The molecule has 154 valence electrons. The fourth-order valence-corrected chi connectivity index (χ4v) is 3.44. The van der Waals surface area contributed by atoms with Crippen molar-refractivity contribution in [1.82, 2.24) is 20.3 Å². The van der Waals surface area contributed by atoms with Crippen molar-refractivity contribution in [3.8, 4) is 0 Å². The summed E-state index contributed by atoms with van der Waals surface area (Å²) in [7, 11) is 0. The first kappa shape index (κ1) is 20.6. The Kier molecular flexibility index (Phi) is 5.77. The number of fused-ring (bicyclic) bond motifs is 1. The van der Waals surface area contributed by atoms with Gasteiger partial charge in [-0.3, -0.25) is 4.79 Å². The Hall–Kier alpha value is -3.09. The molecule has 0 saturated carbocycles. The Labute approximate surface area is 170 Å². The number of aromatic amines is 2. The molecule has 3 N–H and O–H groups in total. The van der Waals surface area contributed by atoms with Crippen LogP contribution in [0.2, 0.25) is 0 Å². The maximum atomic E-state index is 13.0. The quantitative estimate of drug-likeness (QED) is 0.544. The van der Waals surface area contributed by atoms with Crippen molar-refractivity contribution < 1.29 is 14.3 Å². The van der Waals surface area contributed by atoms with E-state index in [4.69, 9.17) is 4.74 Å². The van der Waals surface area contributed by atoms with E-state index in [1.807, 2.05) is 38.1 Å². The summed E-state index contributed by atoms with van der Waals surface area (Å²) in [4.78, 5) is 36.4. The van der Waals surface area contributed by atoms with E-state index in [-0.39, 0.29) is 24.0 Å². The van der Waals surface area contributed by atoms with Gasteiger partial charge in [0.2, 0.25) is 0 Å². The molecule has 1 aromatic carbocycles. The number of H-pyrrole nitrogens is 2. The highest BCUT2D eigenvalue weighted by Gasteiger charge is 2.27. The maximum absolute atomic E-state index is 13.0. The van der Waals surface area contributed by atoms with Gasteiger partial charge >= 0.3 is 5.97 Å². The molecule has 1 unspecified atom stereocenters. The number of hydrogen-bond donors (Lipinski definition) is 3. The Morgan fingerprint density at radius 3 is 2.38 bits per heavy atom. The highest BCUT2D eigenvalue weighted by molar-refractivity contribution is 6.00. The van der Waals surface area contributed by atoms with E-state index in [0.717, 1.165) is 11.0 Å². The molecule has 0 saturated heterocycles. The second-order valence-corrected chi connectivity index (χ2v) is 7.91. The van der Waals surface area contributed by atoms with Gasteiger partial charge in [-0.1, -0.05) is 26.0 Å². The Bertz CT molecular complexity index is 1010. The number of rotatable bonds is 6. The van der Waals surface area contributed by atoms with Crippen LogP contribution >= 0.6 is 0 Å². The first-order chi connectivity index (χ1) is 13.7. The standard InChI is InChI=1S/C22H28N4O3/c1-11(2)18(20-24-15-9-7-8-10-16(15)25-20)26-21(27)19-13(5)17(14(6)23-19)22(28)29-12(3)4/h7-12,18,23H,1-6H3,(H,24,25)(H,26,27). The van der Waals surface area contributed by atoms with Crippen LogP contribution < -0.4 is 5.32 Å². The van der Waals surface area contributed by atoms with Crippen LogP contribution in [0.1, 0.15) is 71.7 Å². The molecular formula is C22H28N4O3. The Balaban J connectivity index is 1.88. The van der Waals surface area contributed by atoms with Crippen LogP contribution in [0.4, 0.5) is 0 Å². The molecule has 0 fully saturated rings. The fraction of sp³-hybridized carbons (Fsp3) is 0.409. The normalized spacial score (nSPS) is 12.6. The molecule has 3 aromatic rings. The molecular weight excluding hydrogens is 368 g/mol. The lowest BCUT2D eigenvalue weighted by Crippen LogP contribution is -2.33. The third-order valence-corrected chi connectivity index (χ3v) is 4.87. The summed E-state index contributed by atoms with van der Waals surface area (Å²) in [5.41, 5.74) is 3.75. The molecule has 2 aromatic heterocycles. The number of nitrogens with zero attached hydrogens (tertiary/aromatic N) is 1. The van der Waals surface area contributed by atoms with Crippen LogP contribution in [0, 0.1) is 19.8 Å². The third kappa shape index (κ3) is 4.18. The summed E-state index contributed by atoms with van der Waals surface area (Å²) in [5.74, 6) is 0.104. The minimum Gasteiger partial charge on any atom is -0.459 e. The first-order valence-corrected chi connectivity index (χ1v) is 9.84. The van der Waals surface area contributed by atoms with E-state index in [1.165, 1.54) is 0 Å². The molecule has 0 aliphatic heterocycles. The number of nitrogens with one attached hydrogen (secondary N) is 3. The van der Waals surface area contributed by atoms with Crippen molar-refractivity contribution in [2.24, 2.45) is 5.92 Å². The maximum Gasteiger partial charge on any atom is 0.340 e.